The summed E-state index contributed by atoms with van der Waals surface area (Å²) in [5.74, 6) is -0.00111. The van der Waals surface area contributed by atoms with Gasteiger partial charge in [-0.25, -0.2) is 0 Å². The summed E-state index contributed by atoms with van der Waals surface area (Å²) in [6, 6.07) is 13.2. The Balaban J connectivity index is 1.99. The van der Waals surface area contributed by atoms with Crippen molar-refractivity contribution in [1.82, 2.24) is 0 Å². The van der Waals surface area contributed by atoms with Gasteiger partial charge in [0.2, 0.25) is 0 Å². The molecule has 1 aliphatic rings. The van der Waals surface area contributed by atoms with E-state index in [9.17, 15) is 15.0 Å². The van der Waals surface area contributed by atoms with E-state index in [4.69, 9.17) is 9.47 Å². The van der Waals surface area contributed by atoms with Crippen LogP contribution in [-0.2, 0) is 16.1 Å². The molecule has 0 fully saturated rings. The second-order valence-corrected chi connectivity index (χ2v) is 7.46. The van der Waals surface area contributed by atoms with E-state index in [1.165, 1.54) is 6.08 Å². The SMILES string of the molecule is COc1cc(O)c2c(c1)/C=C/C[C@H](O)[C@H](C)C(=O)C=CCC(c1ccccc1)OC2. The summed E-state index contributed by atoms with van der Waals surface area (Å²) >= 11 is 0. The van der Waals surface area contributed by atoms with Gasteiger partial charge in [0.25, 0.3) is 0 Å². The van der Waals surface area contributed by atoms with E-state index in [1.807, 2.05) is 42.5 Å². The molecule has 0 saturated heterocycles. The molecule has 5 nitrogen and oxygen atoms in total. The third-order valence-corrected chi connectivity index (χ3v) is 5.40. The molecule has 2 N–H and O–H groups in total. The Morgan fingerprint density at radius 2 is 1.80 bits per heavy atom. The molecule has 2 aromatic carbocycles. The number of methoxy groups -OCH3 is 1. The van der Waals surface area contributed by atoms with E-state index in [0.29, 0.717) is 24.2 Å². The first kappa shape index (κ1) is 21.8. The van der Waals surface area contributed by atoms with Crippen LogP contribution in [0.1, 0.15) is 42.6 Å². The molecule has 0 radical (unpaired) electrons. The molecular weight excluding hydrogens is 380 g/mol. The van der Waals surface area contributed by atoms with Gasteiger partial charge in [0.05, 0.1) is 25.9 Å². The number of aliphatic hydroxyl groups is 1. The summed E-state index contributed by atoms with van der Waals surface area (Å²) in [7, 11) is 1.54. The number of benzene rings is 2. The van der Waals surface area contributed by atoms with Crippen molar-refractivity contribution in [2.75, 3.05) is 7.11 Å². The maximum absolute atomic E-state index is 12.4. The number of hydrogen-bond donors (Lipinski definition) is 2. The van der Waals surface area contributed by atoms with E-state index in [-0.39, 0.29) is 24.2 Å². The number of carbonyl (C=O) groups is 1. The molecule has 0 aliphatic carbocycles. The molecule has 0 bridgehead atoms. The lowest BCUT2D eigenvalue weighted by atomic mass is 9.95. The topological polar surface area (TPSA) is 76.0 Å². The van der Waals surface area contributed by atoms with E-state index < -0.39 is 12.0 Å². The van der Waals surface area contributed by atoms with Crippen molar-refractivity contribution >= 4 is 11.9 Å². The number of ketones is 1. The molecule has 0 saturated carbocycles. The monoisotopic (exact) mass is 408 g/mol. The molecule has 0 aromatic heterocycles. The van der Waals surface area contributed by atoms with Crippen molar-refractivity contribution in [2.24, 2.45) is 5.92 Å². The molecule has 3 rings (SSSR count). The highest BCUT2D eigenvalue weighted by Gasteiger charge is 2.20. The zero-order valence-corrected chi connectivity index (χ0v) is 17.3. The number of carbonyl (C=O) groups excluding carboxylic acids is 1. The largest absolute Gasteiger partial charge is 0.507 e. The number of phenols is 1. The highest BCUT2D eigenvalue weighted by molar-refractivity contribution is 5.91. The van der Waals surface area contributed by atoms with E-state index in [2.05, 4.69) is 0 Å². The number of rotatable bonds is 2. The third-order valence-electron chi connectivity index (χ3n) is 5.40. The van der Waals surface area contributed by atoms with Crippen LogP contribution in [0.5, 0.6) is 11.5 Å². The second kappa shape index (κ2) is 10.2. The highest BCUT2D eigenvalue weighted by atomic mass is 16.5. The zero-order chi connectivity index (χ0) is 21.5. The molecule has 0 spiro atoms. The molecule has 1 unspecified atom stereocenters. The van der Waals surface area contributed by atoms with Gasteiger partial charge < -0.3 is 19.7 Å². The Bertz CT molecular complexity index is 917. The third kappa shape index (κ3) is 5.38. The molecular formula is C25H28O5. The number of aromatic hydroxyl groups is 1. The van der Waals surface area contributed by atoms with Crippen LogP contribution in [0.4, 0.5) is 0 Å². The minimum atomic E-state index is -0.787. The quantitative estimate of drug-likeness (QED) is 0.760. The smallest absolute Gasteiger partial charge is 0.160 e. The van der Waals surface area contributed by atoms with E-state index >= 15 is 0 Å². The van der Waals surface area contributed by atoms with Crippen molar-refractivity contribution in [1.29, 1.82) is 0 Å². The number of ether oxygens (including phenoxy) is 2. The molecule has 1 heterocycles. The molecule has 30 heavy (non-hydrogen) atoms. The fourth-order valence-electron chi connectivity index (χ4n) is 3.42. The van der Waals surface area contributed by atoms with Crippen molar-refractivity contribution in [3.8, 4) is 11.5 Å². The average Bonchev–Trinajstić information content (AvgIpc) is 2.76. The molecule has 0 amide bonds. The standard InChI is InChI=1S/C25H28O5/c1-17-22(26)11-6-10-19-14-20(29-2)15-24(28)21(19)16-30-25(13-7-12-23(17)27)18-8-4-3-5-9-18/h3-10,12,14-15,17,22,25-26,28H,11,13,16H2,1-2H3/b10-6+,12-7?/t17-,22-,25?/m0/s1. The minimum absolute atomic E-state index is 0.0903. The summed E-state index contributed by atoms with van der Waals surface area (Å²) in [5.41, 5.74) is 2.38. The zero-order valence-electron chi connectivity index (χ0n) is 17.3. The fourth-order valence-corrected chi connectivity index (χ4v) is 3.42. The van der Waals surface area contributed by atoms with Gasteiger partial charge in [-0.15, -0.1) is 0 Å². The van der Waals surface area contributed by atoms with Gasteiger partial charge in [0, 0.05) is 17.5 Å². The summed E-state index contributed by atoms with van der Waals surface area (Å²) in [4.78, 5) is 12.4. The highest BCUT2D eigenvalue weighted by Crippen LogP contribution is 2.32. The summed E-state index contributed by atoms with van der Waals surface area (Å²) < 4.78 is 11.5. The van der Waals surface area contributed by atoms with Crippen LogP contribution < -0.4 is 4.74 Å². The van der Waals surface area contributed by atoms with Crippen LogP contribution in [0.25, 0.3) is 6.08 Å². The number of aliphatic hydroxyl groups excluding tert-OH is 1. The number of fused-ring (bicyclic) bond motifs is 1. The molecule has 2 aromatic rings. The molecule has 158 valence electrons. The Labute approximate surface area is 177 Å². The lowest BCUT2D eigenvalue weighted by molar-refractivity contribution is -0.120. The van der Waals surface area contributed by atoms with Gasteiger partial charge in [-0.3, -0.25) is 4.79 Å². The lowest BCUT2D eigenvalue weighted by Crippen LogP contribution is -2.23. The lowest BCUT2D eigenvalue weighted by Gasteiger charge is -2.20. The number of hydrogen-bond acceptors (Lipinski definition) is 5. The van der Waals surface area contributed by atoms with Crippen molar-refractivity contribution in [2.45, 2.75) is 38.6 Å². The summed E-state index contributed by atoms with van der Waals surface area (Å²) in [6.07, 6.45) is 6.70. The Kier molecular flexibility index (Phi) is 7.44. The molecule has 3 atom stereocenters. The predicted octanol–water partition coefficient (Wildman–Crippen LogP) is 4.59. The van der Waals surface area contributed by atoms with Crippen LogP contribution in [-0.4, -0.2) is 29.2 Å². The van der Waals surface area contributed by atoms with Crippen molar-refractivity contribution in [3.05, 3.63) is 77.4 Å². The van der Waals surface area contributed by atoms with Crippen LogP contribution in [0, 0.1) is 5.92 Å². The van der Waals surface area contributed by atoms with Gasteiger partial charge >= 0.3 is 0 Å². The average molecular weight is 408 g/mol. The molecule has 1 aliphatic heterocycles. The van der Waals surface area contributed by atoms with Gasteiger partial charge in [-0.05, 0) is 36.1 Å². The predicted molar refractivity (Wildman–Crippen MR) is 116 cm³/mol. The second-order valence-electron chi connectivity index (χ2n) is 7.46. The van der Waals surface area contributed by atoms with Crippen LogP contribution in [0.2, 0.25) is 0 Å². The maximum atomic E-state index is 12.4. The number of phenolic OH excluding ortho intramolecular Hbond substituents is 1. The van der Waals surface area contributed by atoms with Crippen LogP contribution in [0.3, 0.4) is 0 Å². The fraction of sp³-hybridized carbons (Fsp3) is 0.320. The Hall–Kier alpha value is -2.89. The van der Waals surface area contributed by atoms with Gasteiger partial charge in [0.1, 0.15) is 11.5 Å². The van der Waals surface area contributed by atoms with Crippen molar-refractivity contribution < 1.29 is 24.5 Å². The first-order valence-electron chi connectivity index (χ1n) is 10.1. The van der Waals surface area contributed by atoms with Crippen LogP contribution >= 0.6 is 0 Å². The summed E-state index contributed by atoms with van der Waals surface area (Å²) in [6.45, 7) is 1.92. The van der Waals surface area contributed by atoms with Crippen molar-refractivity contribution in [3.63, 3.8) is 0 Å². The number of allylic oxidation sites excluding steroid dienone is 1. The Morgan fingerprint density at radius 3 is 2.53 bits per heavy atom. The van der Waals surface area contributed by atoms with Gasteiger partial charge in [-0.1, -0.05) is 55.5 Å². The van der Waals surface area contributed by atoms with Gasteiger partial charge in [-0.2, -0.15) is 0 Å². The maximum Gasteiger partial charge on any atom is 0.160 e. The van der Waals surface area contributed by atoms with E-state index in [0.717, 1.165) is 11.1 Å². The summed E-state index contributed by atoms with van der Waals surface area (Å²) in [5, 5.41) is 20.9. The van der Waals surface area contributed by atoms with E-state index in [1.54, 1.807) is 32.3 Å². The van der Waals surface area contributed by atoms with Crippen LogP contribution in [0.15, 0.2) is 60.7 Å². The Morgan fingerprint density at radius 1 is 1.07 bits per heavy atom. The molecule has 5 heteroatoms. The normalized spacial score (nSPS) is 24.0. The first-order chi connectivity index (χ1) is 14.5. The van der Waals surface area contributed by atoms with Gasteiger partial charge in [0.15, 0.2) is 5.78 Å². The first-order valence-corrected chi connectivity index (χ1v) is 10.1. The minimum Gasteiger partial charge on any atom is -0.507 e.